The van der Waals surface area contributed by atoms with Crippen molar-refractivity contribution in [3.8, 4) is 0 Å². The third-order valence-electron chi connectivity index (χ3n) is 4.14. The van der Waals surface area contributed by atoms with Crippen molar-refractivity contribution in [2.45, 2.75) is 5.66 Å². The smallest absolute Gasteiger partial charge is 0.278 e. The number of amides is 2. The van der Waals surface area contributed by atoms with E-state index in [1.807, 2.05) is 24.3 Å². The molecule has 6 heteroatoms. The summed E-state index contributed by atoms with van der Waals surface area (Å²) >= 11 is 3.43. The quantitative estimate of drug-likeness (QED) is 0.761. The van der Waals surface area contributed by atoms with Gasteiger partial charge in [-0.1, -0.05) is 28.1 Å². The summed E-state index contributed by atoms with van der Waals surface area (Å²) in [5.41, 5.74) is 1.45. The lowest BCUT2D eigenvalue weighted by molar-refractivity contribution is -0.122. The molecule has 0 aliphatic carbocycles. The summed E-state index contributed by atoms with van der Waals surface area (Å²) in [7, 11) is 1.71. The molecule has 2 aromatic rings. The van der Waals surface area contributed by atoms with Gasteiger partial charge in [0.1, 0.15) is 0 Å². The van der Waals surface area contributed by atoms with E-state index < -0.39 is 5.66 Å². The number of carbonyl (C=O) groups is 2. The van der Waals surface area contributed by atoms with Crippen LogP contribution in [0.15, 0.2) is 46.9 Å². The van der Waals surface area contributed by atoms with E-state index in [9.17, 15) is 9.59 Å². The number of likely N-dealkylation sites (N-methyl/N-ethyl adjacent to an activating group) is 1. The van der Waals surface area contributed by atoms with Gasteiger partial charge in [0.2, 0.25) is 5.66 Å². The molecule has 0 bridgehead atoms. The molecule has 1 atom stereocenters. The fourth-order valence-corrected chi connectivity index (χ4v) is 3.44. The van der Waals surface area contributed by atoms with Crippen LogP contribution >= 0.6 is 15.9 Å². The highest BCUT2D eigenvalue weighted by atomic mass is 79.9. The first kappa shape index (κ1) is 13.3. The minimum absolute atomic E-state index is 0.205. The Morgan fingerprint density at radius 3 is 2.68 bits per heavy atom. The molecule has 0 fully saturated rings. The maximum absolute atomic E-state index is 12.8. The van der Waals surface area contributed by atoms with E-state index in [2.05, 4.69) is 26.6 Å². The lowest BCUT2D eigenvalue weighted by atomic mass is 9.96. The number of anilines is 2. The van der Waals surface area contributed by atoms with Gasteiger partial charge in [-0.05, 0) is 30.3 Å². The molecule has 0 saturated carbocycles. The second kappa shape index (κ2) is 4.33. The molecule has 2 aliphatic heterocycles. The Morgan fingerprint density at radius 2 is 1.86 bits per heavy atom. The van der Waals surface area contributed by atoms with Gasteiger partial charge >= 0.3 is 0 Å². The normalized spacial score (nSPS) is 22.2. The highest BCUT2D eigenvalue weighted by Crippen LogP contribution is 2.43. The van der Waals surface area contributed by atoms with Crippen LogP contribution in [0, 0.1) is 0 Å². The zero-order valence-electron chi connectivity index (χ0n) is 11.7. The SMILES string of the molecule is CN1C(=O)C2(NC(=O)c3ccccc3N2)c2cc(Br)ccc21. The Bertz CT molecular complexity index is 836. The van der Waals surface area contributed by atoms with Crippen LogP contribution in [0.25, 0.3) is 0 Å². The number of halogens is 1. The first-order valence-corrected chi connectivity index (χ1v) is 7.60. The molecule has 2 N–H and O–H groups in total. The molecule has 0 radical (unpaired) electrons. The summed E-state index contributed by atoms with van der Waals surface area (Å²) in [5.74, 6) is -0.465. The third-order valence-corrected chi connectivity index (χ3v) is 4.64. The second-order valence-electron chi connectivity index (χ2n) is 5.40. The lowest BCUT2D eigenvalue weighted by Crippen LogP contribution is -2.60. The van der Waals surface area contributed by atoms with Crippen molar-refractivity contribution in [2.75, 3.05) is 17.3 Å². The fourth-order valence-electron chi connectivity index (χ4n) is 3.08. The number of benzene rings is 2. The van der Waals surface area contributed by atoms with Gasteiger partial charge < -0.3 is 15.5 Å². The lowest BCUT2D eigenvalue weighted by Gasteiger charge is -2.36. The molecule has 5 nitrogen and oxygen atoms in total. The Morgan fingerprint density at radius 1 is 1.09 bits per heavy atom. The van der Waals surface area contributed by atoms with E-state index in [0.717, 1.165) is 15.7 Å². The fraction of sp³-hybridized carbons (Fsp3) is 0.125. The Hall–Kier alpha value is -2.34. The van der Waals surface area contributed by atoms with Gasteiger partial charge in [-0.15, -0.1) is 0 Å². The van der Waals surface area contributed by atoms with Crippen LogP contribution in [0.5, 0.6) is 0 Å². The van der Waals surface area contributed by atoms with Crippen molar-refractivity contribution in [2.24, 2.45) is 0 Å². The van der Waals surface area contributed by atoms with Gasteiger partial charge in [-0.25, -0.2) is 0 Å². The summed E-state index contributed by atoms with van der Waals surface area (Å²) in [4.78, 5) is 26.9. The van der Waals surface area contributed by atoms with E-state index in [4.69, 9.17) is 0 Å². The molecule has 2 aliphatic rings. The third kappa shape index (κ3) is 1.58. The molecule has 4 rings (SSSR count). The van der Waals surface area contributed by atoms with E-state index in [1.165, 1.54) is 0 Å². The average molecular weight is 358 g/mol. The van der Waals surface area contributed by atoms with Gasteiger partial charge in [0, 0.05) is 22.8 Å². The van der Waals surface area contributed by atoms with Crippen molar-refractivity contribution in [3.05, 3.63) is 58.1 Å². The number of para-hydroxylation sites is 1. The minimum atomic E-state index is -1.25. The largest absolute Gasteiger partial charge is 0.350 e. The number of hydrogen-bond donors (Lipinski definition) is 2. The van der Waals surface area contributed by atoms with Gasteiger partial charge in [0.15, 0.2) is 0 Å². The second-order valence-corrected chi connectivity index (χ2v) is 6.32. The van der Waals surface area contributed by atoms with Gasteiger partial charge in [0.25, 0.3) is 11.8 Å². The van der Waals surface area contributed by atoms with Crippen LogP contribution in [-0.2, 0) is 10.5 Å². The molecule has 0 aromatic heterocycles. The average Bonchev–Trinajstić information content (AvgIpc) is 2.70. The first-order chi connectivity index (χ1) is 10.5. The van der Waals surface area contributed by atoms with Gasteiger partial charge in [-0.3, -0.25) is 9.59 Å². The van der Waals surface area contributed by atoms with Crippen LogP contribution in [0.4, 0.5) is 11.4 Å². The summed E-state index contributed by atoms with van der Waals surface area (Å²) in [6.07, 6.45) is 0. The Balaban J connectivity index is 1.95. The standard InChI is InChI=1S/C16H12BrN3O2/c1-20-13-7-6-9(17)8-11(13)16(15(20)22)18-12-5-3-2-4-10(12)14(21)19-16/h2-8,18H,1H3,(H,19,21). The number of nitrogens with zero attached hydrogens (tertiary/aromatic N) is 1. The monoisotopic (exact) mass is 357 g/mol. The molecule has 2 aromatic carbocycles. The van der Waals surface area contributed by atoms with Crippen molar-refractivity contribution in [1.29, 1.82) is 0 Å². The van der Waals surface area contributed by atoms with Crippen LogP contribution in [0.1, 0.15) is 15.9 Å². The molecular formula is C16H12BrN3O2. The van der Waals surface area contributed by atoms with E-state index in [-0.39, 0.29) is 11.8 Å². The maximum atomic E-state index is 12.8. The maximum Gasteiger partial charge on any atom is 0.278 e. The van der Waals surface area contributed by atoms with Gasteiger partial charge in [-0.2, -0.15) is 0 Å². The van der Waals surface area contributed by atoms with Crippen LogP contribution < -0.4 is 15.5 Å². The van der Waals surface area contributed by atoms with Crippen molar-refractivity contribution < 1.29 is 9.59 Å². The van der Waals surface area contributed by atoms with Crippen LogP contribution in [-0.4, -0.2) is 18.9 Å². The minimum Gasteiger partial charge on any atom is -0.350 e. The van der Waals surface area contributed by atoms with E-state index in [0.29, 0.717) is 11.3 Å². The topological polar surface area (TPSA) is 61.4 Å². The molecule has 1 spiro atoms. The predicted octanol–water partition coefficient (Wildman–Crippen LogP) is 2.43. The number of nitrogens with one attached hydrogen (secondary N) is 2. The zero-order chi connectivity index (χ0) is 15.5. The molecule has 2 heterocycles. The molecule has 22 heavy (non-hydrogen) atoms. The van der Waals surface area contributed by atoms with E-state index >= 15 is 0 Å². The molecular weight excluding hydrogens is 346 g/mol. The first-order valence-electron chi connectivity index (χ1n) is 6.81. The van der Waals surface area contributed by atoms with Crippen molar-refractivity contribution in [1.82, 2.24) is 5.32 Å². The summed E-state index contributed by atoms with van der Waals surface area (Å²) in [5, 5.41) is 6.07. The van der Waals surface area contributed by atoms with Crippen molar-refractivity contribution in [3.63, 3.8) is 0 Å². The summed E-state index contributed by atoms with van der Waals surface area (Å²) in [6.45, 7) is 0. The molecule has 110 valence electrons. The number of carbonyl (C=O) groups excluding carboxylic acids is 2. The molecule has 0 saturated heterocycles. The van der Waals surface area contributed by atoms with Crippen LogP contribution in [0.3, 0.4) is 0 Å². The summed E-state index contributed by atoms with van der Waals surface area (Å²) < 4.78 is 0.851. The Labute approximate surface area is 135 Å². The Kier molecular flexibility index (Phi) is 2.62. The van der Waals surface area contributed by atoms with Crippen LogP contribution in [0.2, 0.25) is 0 Å². The number of rotatable bonds is 0. The molecule has 2 amide bonds. The zero-order valence-corrected chi connectivity index (χ0v) is 13.3. The predicted molar refractivity (Wildman–Crippen MR) is 86.8 cm³/mol. The van der Waals surface area contributed by atoms with Gasteiger partial charge in [0.05, 0.1) is 11.3 Å². The molecule has 1 unspecified atom stereocenters. The summed E-state index contributed by atoms with van der Waals surface area (Å²) in [6, 6.07) is 12.8. The highest BCUT2D eigenvalue weighted by Gasteiger charge is 2.53. The number of fused-ring (bicyclic) bond motifs is 3. The highest BCUT2D eigenvalue weighted by molar-refractivity contribution is 9.10. The van der Waals surface area contributed by atoms with Crippen molar-refractivity contribution >= 4 is 39.1 Å². The number of hydrogen-bond acceptors (Lipinski definition) is 3. The van der Waals surface area contributed by atoms with E-state index in [1.54, 1.807) is 30.1 Å².